The highest BCUT2D eigenvalue weighted by Crippen LogP contribution is 2.12. The summed E-state index contributed by atoms with van der Waals surface area (Å²) in [5, 5.41) is 13.6. The van der Waals surface area contributed by atoms with Gasteiger partial charge >= 0.3 is 5.97 Å². The monoisotopic (exact) mass is 284 g/mol. The minimum absolute atomic E-state index is 0.00782. The van der Waals surface area contributed by atoms with E-state index in [9.17, 15) is 19.2 Å². The predicted octanol–water partition coefficient (Wildman–Crippen LogP) is -2.82. The molecule has 2 heterocycles. The van der Waals surface area contributed by atoms with Gasteiger partial charge in [0.25, 0.3) is 0 Å². The number of carbonyl (C=O) groups excluding carboxylic acids is 3. The van der Waals surface area contributed by atoms with Gasteiger partial charge in [0.2, 0.25) is 17.7 Å². The topological polar surface area (TPSA) is 119 Å². The van der Waals surface area contributed by atoms with Crippen molar-refractivity contribution in [1.29, 1.82) is 0 Å². The van der Waals surface area contributed by atoms with Crippen LogP contribution in [0.5, 0.6) is 0 Å². The highest BCUT2D eigenvalue weighted by molar-refractivity contribution is 5.99. The molecule has 2 rings (SSSR count). The van der Waals surface area contributed by atoms with Crippen LogP contribution < -0.4 is 10.6 Å². The molecule has 3 N–H and O–H groups in total. The first-order chi connectivity index (χ1) is 9.36. The van der Waals surface area contributed by atoms with Crippen LogP contribution in [-0.2, 0) is 19.2 Å². The van der Waals surface area contributed by atoms with E-state index in [2.05, 4.69) is 10.6 Å². The van der Waals surface area contributed by atoms with E-state index in [1.54, 1.807) is 11.8 Å². The van der Waals surface area contributed by atoms with E-state index >= 15 is 0 Å². The maximum atomic E-state index is 11.3. The second kappa shape index (κ2) is 5.55. The van der Waals surface area contributed by atoms with E-state index in [1.165, 1.54) is 4.90 Å². The molecule has 110 valence electrons. The van der Waals surface area contributed by atoms with Crippen molar-refractivity contribution in [3.8, 4) is 0 Å². The summed E-state index contributed by atoms with van der Waals surface area (Å²) in [6.07, 6.45) is -1.06. The van der Waals surface area contributed by atoms with E-state index in [1.807, 2.05) is 0 Å². The predicted molar refractivity (Wildman–Crippen MR) is 65.3 cm³/mol. The van der Waals surface area contributed by atoms with Crippen LogP contribution in [0.2, 0.25) is 0 Å². The quantitative estimate of drug-likeness (QED) is 0.476. The molecule has 2 atom stereocenters. The average molecular weight is 284 g/mol. The molecule has 20 heavy (non-hydrogen) atoms. The van der Waals surface area contributed by atoms with Crippen molar-refractivity contribution >= 4 is 23.7 Å². The van der Waals surface area contributed by atoms with Crippen LogP contribution in [0.25, 0.3) is 0 Å². The fraction of sp³-hybridized carbons (Fsp3) is 0.636. The van der Waals surface area contributed by atoms with Crippen LogP contribution in [0.4, 0.5) is 0 Å². The molecule has 0 spiro atoms. The maximum Gasteiger partial charge on any atom is 0.341 e. The minimum Gasteiger partial charge on any atom is -0.479 e. The molecule has 3 amide bonds. The number of imide groups is 1. The lowest BCUT2D eigenvalue weighted by atomic mass is 10.2. The standard InChI is InChI=1S/C11H16N4O5/c1-6(2-14-3-7(16)12-8(17)4-14)15-5-9(18)13-10(15)11(19)20/h6,10H,2-5H2,1H3,(H,13,18)(H,19,20)(H,12,16,17)/t6-,10?/m0/s1. The van der Waals surface area contributed by atoms with Gasteiger partial charge in [0, 0.05) is 12.6 Å². The zero-order valence-corrected chi connectivity index (χ0v) is 11.0. The normalized spacial score (nSPS) is 26.2. The maximum absolute atomic E-state index is 11.3. The van der Waals surface area contributed by atoms with Gasteiger partial charge in [0.15, 0.2) is 6.17 Å². The first-order valence-electron chi connectivity index (χ1n) is 6.20. The highest BCUT2D eigenvalue weighted by Gasteiger charge is 2.38. The van der Waals surface area contributed by atoms with E-state index in [-0.39, 0.29) is 43.4 Å². The summed E-state index contributed by atoms with van der Waals surface area (Å²) >= 11 is 0. The Morgan fingerprint density at radius 2 is 1.85 bits per heavy atom. The molecule has 9 heteroatoms. The number of piperazine rings is 1. The third kappa shape index (κ3) is 3.11. The van der Waals surface area contributed by atoms with Gasteiger partial charge in [-0.1, -0.05) is 0 Å². The van der Waals surface area contributed by atoms with Gasteiger partial charge in [-0.05, 0) is 6.92 Å². The molecule has 9 nitrogen and oxygen atoms in total. The smallest absolute Gasteiger partial charge is 0.341 e. The van der Waals surface area contributed by atoms with Crippen molar-refractivity contribution in [3.05, 3.63) is 0 Å². The Bertz CT molecular complexity index is 450. The molecule has 2 fully saturated rings. The number of aliphatic carboxylic acids is 1. The summed E-state index contributed by atoms with van der Waals surface area (Å²) < 4.78 is 0. The van der Waals surface area contributed by atoms with Crippen molar-refractivity contribution in [2.24, 2.45) is 0 Å². The zero-order chi connectivity index (χ0) is 14.9. The highest BCUT2D eigenvalue weighted by atomic mass is 16.4. The number of carboxylic acid groups (broad SMARTS) is 1. The Labute approximate surface area is 114 Å². The summed E-state index contributed by atoms with van der Waals surface area (Å²) in [7, 11) is 0. The molecule has 0 aromatic carbocycles. The summed E-state index contributed by atoms with van der Waals surface area (Å²) in [5.74, 6) is -2.23. The van der Waals surface area contributed by atoms with Gasteiger partial charge < -0.3 is 10.4 Å². The zero-order valence-electron chi connectivity index (χ0n) is 11.0. The van der Waals surface area contributed by atoms with Crippen LogP contribution in [0.15, 0.2) is 0 Å². The van der Waals surface area contributed by atoms with Crippen molar-refractivity contribution < 1.29 is 24.3 Å². The van der Waals surface area contributed by atoms with Gasteiger partial charge in [-0.2, -0.15) is 0 Å². The molecule has 2 aliphatic rings. The van der Waals surface area contributed by atoms with Crippen molar-refractivity contribution in [2.75, 3.05) is 26.2 Å². The van der Waals surface area contributed by atoms with Crippen LogP contribution in [-0.4, -0.2) is 77.0 Å². The van der Waals surface area contributed by atoms with Gasteiger partial charge in [-0.25, -0.2) is 4.79 Å². The van der Waals surface area contributed by atoms with Gasteiger partial charge in [-0.3, -0.25) is 29.5 Å². The number of rotatable bonds is 4. The molecule has 0 aromatic rings. The van der Waals surface area contributed by atoms with Crippen molar-refractivity contribution in [2.45, 2.75) is 19.1 Å². The number of carbonyl (C=O) groups is 4. The van der Waals surface area contributed by atoms with Crippen LogP contribution in [0.3, 0.4) is 0 Å². The molecular weight excluding hydrogens is 268 g/mol. The van der Waals surface area contributed by atoms with E-state index in [0.717, 1.165) is 0 Å². The Hall–Kier alpha value is -2.00. The molecule has 0 aliphatic carbocycles. The molecular formula is C11H16N4O5. The number of amides is 3. The van der Waals surface area contributed by atoms with Crippen LogP contribution >= 0.6 is 0 Å². The number of nitrogens with one attached hydrogen (secondary N) is 2. The largest absolute Gasteiger partial charge is 0.479 e. The van der Waals surface area contributed by atoms with Crippen LogP contribution in [0, 0.1) is 0 Å². The summed E-state index contributed by atoms with van der Waals surface area (Å²) in [6, 6.07) is -0.284. The molecule has 0 bridgehead atoms. The first-order valence-corrected chi connectivity index (χ1v) is 6.20. The second-order valence-corrected chi connectivity index (χ2v) is 4.97. The Kier molecular flexibility index (Phi) is 4.00. The molecule has 0 saturated carbocycles. The third-order valence-corrected chi connectivity index (χ3v) is 3.29. The Balaban J connectivity index is 1.98. The van der Waals surface area contributed by atoms with Crippen molar-refractivity contribution in [3.63, 3.8) is 0 Å². The third-order valence-electron chi connectivity index (χ3n) is 3.29. The molecule has 0 aromatic heterocycles. The number of hydrogen-bond acceptors (Lipinski definition) is 6. The fourth-order valence-electron chi connectivity index (χ4n) is 2.46. The fourth-order valence-corrected chi connectivity index (χ4v) is 2.46. The van der Waals surface area contributed by atoms with Crippen molar-refractivity contribution in [1.82, 2.24) is 20.4 Å². The SMILES string of the molecule is C[C@@H](CN1CC(=O)NC(=O)C1)N1CC(=O)NC1C(=O)O. The number of hydrogen-bond donors (Lipinski definition) is 3. The van der Waals surface area contributed by atoms with E-state index < -0.39 is 12.1 Å². The Morgan fingerprint density at radius 3 is 2.40 bits per heavy atom. The second-order valence-electron chi connectivity index (χ2n) is 4.97. The van der Waals surface area contributed by atoms with Crippen LogP contribution in [0.1, 0.15) is 6.92 Å². The number of nitrogens with zero attached hydrogens (tertiary/aromatic N) is 2. The Morgan fingerprint density at radius 1 is 1.25 bits per heavy atom. The average Bonchev–Trinajstić information content (AvgIpc) is 2.70. The first kappa shape index (κ1) is 14.4. The van der Waals surface area contributed by atoms with Gasteiger partial charge in [0.1, 0.15) is 0 Å². The summed E-state index contributed by atoms with van der Waals surface area (Å²) in [5.41, 5.74) is 0. The molecule has 0 radical (unpaired) electrons. The summed E-state index contributed by atoms with van der Waals surface area (Å²) in [6.45, 7) is 2.25. The minimum atomic E-state index is -1.13. The lowest BCUT2D eigenvalue weighted by Crippen LogP contribution is -2.56. The molecule has 2 saturated heterocycles. The van der Waals surface area contributed by atoms with E-state index in [0.29, 0.717) is 6.54 Å². The van der Waals surface area contributed by atoms with Gasteiger partial charge in [0.05, 0.1) is 19.6 Å². The summed E-state index contributed by atoms with van der Waals surface area (Å²) in [4.78, 5) is 48.1. The molecule has 2 aliphatic heterocycles. The lowest BCUT2D eigenvalue weighted by Gasteiger charge is -2.32. The van der Waals surface area contributed by atoms with E-state index in [4.69, 9.17) is 5.11 Å². The molecule has 1 unspecified atom stereocenters. The number of carboxylic acids is 1. The van der Waals surface area contributed by atoms with Gasteiger partial charge in [-0.15, -0.1) is 0 Å². The lowest BCUT2D eigenvalue weighted by molar-refractivity contribution is -0.145.